The van der Waals surface area contributed by atoms with Crippen molar-refractivity contribution in [2.75, 3.05) is 31.6 Å². The Balaban J connectivity index is 1.77. The molecule has 2 aliphatic rings. The van der Waals surface area contributed by atoms with Crippen molar-refractivity contribution in [2.24, 2.45) is 16.6 Å². The lowest BCUT2D eigenvalue weighted by Gasteiger charge is -2.36. The van der Waals surface area contributed by atoms with E-state index in [1.165, 1.54) is 24.9 Å². The summed E-state index contributed by atoms with van der Waals surface area (Å²) in [4.78, 5) is 10.2. The third-order valence-electron chi connectivity index (χ3n) is 5.26. The number of aliphatic imine (C=N–C) groups is 1. The maximum atomic E-state index is 14.7. The first-order valence-corrected chi connectivity index (χ1v) is 9.67. The van der Waals surface area contributed by atoms with E-state index in [1.54, 1.807) is 23.1 Å². The maximum absolute atomic E-state index is 14.7. The lowest BCUT2D eigenvalue weighted by molar-refractivity contribution is -0.137. The molecule has 29 heavy (non-hydrogen) atoms. The van der Waals surface area contributed by atoms with Gasteiger partial charge in [0, 0.05) is 37.2 Å². The number of methoxy groups -OCH3 is 1. The van der Waals surface area contributed by atoms with Crippen LogP contribution in [0.25, 0.3) is 0 Å². The van der Waals surface area contributed by atoms with E-state index in [2.05, 4.69) is 9.98 Å². The van der Waals surface area contributed by atoms with Crippen LogP contribution in [-0.4, -0.2) is 36.9 Å². The number of benzene rings is 1. The number of fused-ring (bicyclic) bond motifs is 1. The average molecular weight is 426 g/mol. The molecule has 2 aliphatic heterocycles. The van der Waals surface area contributed by atoms with Crippen LogP contribution >= 0.6 is 11.8 Å². The quantitative estimate of drug-likeness (QED) is 0.760. The zero-order chi connectivity index (χ0) is 20.8. The van der Waals surface area contributed by atoms with Crippen LogP contribution in [0.5, 0.6) is 5.88 Å². The molecule has 0 aliphatic carbocycles. The lowest BCUT2D eigenvalue weighted by atomic mass is 9.87. The molecule has 1 fully saturated rings. The summed E-state index contributed by atoms with van der Waals surface area (Å²) in [5.41, 5.74) is 5.58. The Kier molecular flexibility index (Phi) is 4.84. The molecule has 0 amide bonds. The first-order chi connectivity index (χ1) is 13.7. The highest BCUT2D eigenvalue weighted by molar-refractivity contribution is 8.14. The summed E-state index contributed by atoms with van der Waals surface area (Å²) >= 11 is 1.25. The predicted molar refractivity (Wildman–Crippen MR) is 104 cm³/mol. The zero-order valence-electron chi connectivity index (χ0n) is 15.4. The Bertz CT molecular complexity index is 967. The fraction of sp³-hybridized carbons (Fsp3) is 0.368. The summed E-state index contributed by atoms with van der Waals surface area (Å²) in [7, 11) is 1.27. The Morgan fingerprint density at radius 3 is 2.72 bits per heavy atom. The number of hydrogen-bond acceptors (Lipinski definition) is 6. The average Bonchev–Trinajstić information content (AvgIpc) is 3.07. The van der Waals surface area contributed by atoms with Gasteiger partial charge in [-0.05, 0) is 12.1 Å². The number of nitrogens with zero attached hydrogens (tertiary/aromatic N) is 3. The molecule has 2 atom stereocenters. The molecule has 1 saturated heterocycles. The van der Waals surface area contributed by atoms with Crippen LogP contribution in [0.4, 0.5) is 23.4 Å². The highest BCUT2D eigenvalue weighted by Crippen LogP contribution is 2.52. The van der Waals surface area contributed by atoms with E-state index in [0.717, 1.165) is 12.1 Å². The summed E-state index contributed by atoms with van der Waals surface area (Å²) in [6, 6.07) is 8.25. The molecule has 2 N–H and O–H groups in total. The van der Waals surface area contributed by atoms with E-state index in [0.29, 0.717) is 23.8 Å². The van der Waals surface area contributed by atoms with Crippen LogP contribution in [0.15, 0.2) is 41.4 Å². The SMILES string of the molecule is COc1cc(C(F)(F)F)cc(N2C[C@@H]3CN=C(N)S[C@@]3(c3ccccc3F)C2)n1. The number of amidine groups is 1. The summed E-state index contributed by atoms with van der Waals surface area (Å²) in [6.45, 7) is 0.978. The van der Waals surface area contributed by atoms with Gasteiger partial charge in [0.15, 0.2) is 5.17 Å². The number of nitrogens with two attached hydrogens (primary N) is 1. The number of thioether (sulfide) groups is 1. The van der Waals surface area contributed by atoms with Gasteiger partial charge in [0.2, 0.25) is 5.88 Å². The summed E-state index contributed by atoms with van der Waals surface area (Å²) in [5.74, 6) is -0.524. The van der Waals surface area contributed by atoms with E-state index >= 15 is 0 Å². The van der Waals surface area contributed by atoms with Crippen molar-refractivity contribution in [2.45, 2.75) is 10.9 Å². The first-order valence-electron chi connectivity index (χ1n) is 8.85. The minimum Gasteiger partial charge on any atom is -0.481 e. The predicted octanol–water partition coefficient (Wildman–Crippen LogP) is 3.64. The highest BCUT2D eigenvalue weighted by atomic mass is 32.2. The second-order valence-corrected chi connectivity index (χ2v) is 8.33. The normalized spacial score (nSPS) is 24.2. The molecule has 4 rings (SSSR count). The smallest absolute Gasteiger partial charge is 0.416 e. The van der Waals surface area contributed by atoms with Crippen LogP contribution in [0.2, 0.25) is 0 Å². The minimum absolute atomic E-state index is 0.126. The molecule has 10 heteroatoms. The number of alkyl halides is 3. The molecule has 3 heterocycles. The van der Waals surface area contributed by atoms with Crippen molar-refractivity contribution in [3.8, 4) is 5.88 Å². The molecular formula is C19H18F4N4OS. The third kappa shape index (κ3) is 3.50. The van der Waals surface area contributed by atoms with Gasteiger partial charge in [-0.15, -0.1) is 0 Å². The van der Waals surface area contributed by atoms with Crippen molar-refractivity contribution in [1.29, 1.82) is 0 Å². The Morgan fingerprint density at radius 1 is 1.28 bits per heavy atom. The van der Waals surface area contributed by atoms with Crippen LogP contribution in [0.3, 0.4) is 0 Å². The van der Waals surface area contributed by atoms with Gasteiger partial charge < -0.3 is 15.4 Å². The van der Waals surface area contributed by atoms with E-state index < -0.39 is 16.5 Å². The number of rotatable bonds is 3. The van der Waals surface area contributed by atoms with E-state index in [4.69, 9.17) is 10.5 Å². The van der Waals surface area contributed by atoms with Gasteiger partial charge in [-0.2, -0.15) is 18.2 Å². The van der Waals surface area contributed by atoms with Gasteiger partial charge in [-0.1, -0.05) is 30.0 Å². The summed E-state index contributed by atoms with van der Waals surface area (Å²) in [5, 5.41) is 0.334. The molecule has 1 aromatic heterocycles. The number of anilines is 1. The van der Waals surface area contributed by atoms with Crippen molar-refractivity contribution < 1.29 is 22.3 Å². The topological polar surface area (TPSA) is 63.7 Å². The van der Waals surface area contributed by atoms with Gasteiger partial charge in [-0.25, -0.2) is 4.39 Å². The van der Waals surface area contributed by atoms with Crippen molar-refractivity contribution in [3.05, 3.63) is 53.3 Å². The molecule has 0 radical (unpaired) electrons. The Labute approximate surface area is 169 Å². The number of halogens is 4. The van der Waals surface area contributed by atoms with E-state index in [-0.39, 0.29) is 30.0 Å². The van der Waals surface area contributed by atoms with E-state index in [9.17, 15) is 17.6 Å². The number of hydrogen-bond donors (Lipinski definition) is 1. The molecule has 154 valence electrons. The van der Waals surface area contributed by atoms with Gasteiger partial charge in [-0.3, -0.25) is 4.99 Å². The zero-order valence-corrected chi connectivity index (χ0v) is 16.2. The third-order valence-corrected chi connectivity index (χ3v) is 6.64. The van der Waals surface area contributed by atoms with Crippen LogP contribution in [0.1, 0.15) is 11.1 Å². The fourth-order valence-corrected chi connectivity index (χ4v) is 5.21. The van der Waals surface area contributed by atoms with Crippen molar-refractivity contribution >= 4 is 22.7 Å². The Morgan fingerprint density at radius 2 is 2.03 bits per heavy atom. The molecule has 0 unspecified atom stereocenters. The largest absolute Gasteiger partial charge is 0.481 e. The molecule has 1 aromatic carbocycles. The minimum atomic E-state index is -4.54. The lowest BCUT2D eigenvalue weighted by Crippen LogP contribution is -2.40. The van der Waals surface area contributed by atoms with Crippen molar-refractivity contribution in [1.82, 2.24) is 4.98 Å². The molecule has 5 nitrogen and oxygen atoms in total. The second-order valence-electron chi connectivity index (χ2n) is 6.98. The molecular weight excluding hydrogens is 408 g/mol. The monoisotopic (exact) mass is 426 g/mol. The van der Waals surface area contributed by atoms with Gasteiger partial charge in [0.1, 0.15) is 11.6 Å². The Hall–Kier alpha value is -2.49. The number of pyridine rings is 1. The molecule has 0 bridgehead atoms. The van der Waals surface area contributed by atoms with Crippen LogP contribution in [0, 0.1) is 11.7 Å². The highest BCUT2D eigenvalue weighted by Gasteiger charge is 2.52. The summed E-state index contributed by atoms with van der Waals surface area (Å²) < 4.78 is 58.9. The second kappa shape index (κ2) is 7.08. The van der Waals surface area contributed by atoms with Crippen LogP contribution < -0.4 is 15.4 Å². The fourth-order valence-electron chi connectivity index (χ4n) is 3.89. The molecule has 0 saturated carbocycles. The van der Waals surface area contributed by atoms with Crippen LogP contribution in [-0.2, 0) is 10.9 Å². The van der Waals surface area contributed by atoms with Gasteiger partial charge in [0.25, 0.3) is 0 Å². The number of ether oxygens (including phenoxy) is 1. The summed E-state index contributed by atoms with van der Waals surface area (Å²) in [6.07, 6.45) is -4.54. The van der Waals surface area contributed by atoms with Gasteiger partial charge in [0.05, 0.1) is 17.4 Å². The molecule has 2 aromatic rings. The van der Waals surface area contributed by atoms with Gasteiger partial charge >= 0.3 is 6.18 Å². The first kappa shape index (κ1) is 19.8. The van der Waals surface area contributed by atoms with E-state index in [1.807, 2.05) is 0 Å². The molecule has 0 spiro atoms. The number of aromatic nitrogens is 1. The standard InChI is InChI=1S/C19H18F4N4OS/c1-28-16-7-11(19(21,22)23)6-15(26-16)27-9-12-8-25-17(24)29-18(12,10-27)13-4-2-3-5-14(13)20/h2-7,12H,8-10H2,1H3,(H2,24,25)/t12-,18-/m0/s1. The maximum Gasteiger partial charge on any atom is 0.416 e. The van der Waals surface area contributed by atoms with Crippen molar-refractivity contribution in [3.63, 3.8) is 0 Å².